The second kappa shape index (κ2) is 10.4. The Kier molecular flexibility index (Phi) is 7.29. The highest BCUT2D eigenvalue weighted by Crippen LogP contribution is 2.34. The number of benzene rings is 2. The van der Waals surface area contributed by atoms with Crippen LogP contribution < -0.4 is 11.2 Å². The molecule has 0 amide bonds. The van der Waals surface area contributed by atoms with Gasteiger partial charge in [0.2, 0.25) is 0 Å². The van der Waals surface area contributed by atoms with E-state index in [0.717, 1.165) is 24.1 Å². The van der Waals surface area contributed by atoms with E-state index in [1.54, 1.807) is 38.1 Å². The van der Waals surface area contributed by atoms with E-state index < -0.39 is 11.8 Å². The molecule has 1 aromatic heterocycles. The summed E-state index contributed by atoms with van der Waals surface area (Å²) in [5, 5.41) is 10.3. The first kappa shape index (κ1) is 23.9. The first-order chi connectivity index (χ1) is 16.4. The molecule has 1 aliphatic rings. The van der Waals surface area contributed by atoms with E-state index in [1.807, 2.05) is 24.3 Å². The fourth-order valence-corrected chi connectivity index (χ4v) is 4.77. The van der Waals surface area contributed by atoms with E-state index >= 15 is 0 Å². The maximum atomic E-state index is 12.8. The SMILES string of the molecule is CCOC(=O)[C@@H]1CN(CCn2c(=O)[nH]c3ccccc3c2=O)CCC1c1ccc(C(C)O)cc1. The third-order valence-electron chi connectivity index (χ3n) is 6.66. The second-order valence-corrected chi connectivity index (χ2v) is 8.83. The number of nitrogens with one attached hydrogen (secondary N) is 1. The standard InChI is InChI=1S/C26H31N3O5/c1-3-34-25(32)22-16-28(13-12-20(22)19-10-8-18(9-11-19)17(2)30)14-15-29-24(31)21-6-4-5-7-23(21)27-26(29)33/h4-11,17,20,22,30H,3,12-16H2,1-2H3,(H,27,33)/t17?,20?,22-/m1/s1. The number of aliphatic hydroxyl groups excluding tert-OH is 1. The first-order valence-electron chi connectivity index (χ1n) is 11.8. The van der Waals surface area contributed by atoms with Gasteiger partial charge in [0.25, 0.3) is 5.56 Å². The van der Waals surface area contributed by atoms with Crippen molar-refractivity contribution in [2.75, 3.05) is 26.2 Å². The predicted molar refractivity (Wildman–Crippen MR) is 130 cm³/mol. The second-order valence-electron chi connectivity index (χ2n) is 8.83. The number of hydrogen-bond donors (Lipinski definition) is 2. The van der Waals surface area contributed by atoms with E-state index in [0.29, 0.717) is 30.6 Å². The van der Waals surface area contributed by atoms with Crippen LogP contribution in [-0.2, 0) is 16.1 Å². The van der Waals surface area contributed by atoms with Gasteiger partial charge in [0, 0.05) is 19.6 Å². The lowest BCUT2D eigenvalue weighted by atomic mass is 9.80. The molecule has 180 valence electrons. The summed E-state index contributed by atoms with van der Waals surface area (Å²) < 4.78 is 6.60. The average molecular weight is 466 g/mol. The van der Waals surface area contributed by atoms with Crippen molar-refractivity contribution in [2.24, 2.45) is 5.92 Å². The number of hydrogen-bond acceptors (Lipinski definition) is 6. The van der Waals surface area contributed by atoms with Crippen molar-refractivity contribution >= 4 is 16.9 Å². The Morgan fingerprint density at radius 1 is 1.15 bits per heavy atom. The van der Waals surface area contributed by atoms with Crippen molar-refractivity contribution in [3.05, 3.63) is 80.5 Å². The summed E-state index contributed by atoms with van der Waals surface area (Å²) in [7, 11) is 0. The summed E-state index contributed by atoms with van der Waals surface area (Å²) in [6, 6.07) is 14.7. The molecule has 2 unspecified atom stereocenters. The molecule has 1 fully saturated rings. The number of aromatic amines is 1. The van der Waals surface area contributed by atoms with Crippen molar-refractivity contribution in [1.82, 2.24) is 14.5 Å². The van der Waals surface area contributed by atoms with Crippen LogP contribution in [0.5, 0.6) is 0 Å². The monoisotopic (exact) mass is 465 g/mol. The van der Waals surface area contributed by atoms with Crippen LogP contribution >= 0.6 is 0 Å². The van der Waals surface area contributed by atoms with Crippen LogP contribution in [0, 0.1) is 5.92 Å². The number of para-hydroxylation sites is 1. The number of carbonyl (C=O) groups excluding carboxylic acids is 1. The van der Waals surface area contributed by atoms with Crippen LogP contribution in [0.2, 0.25) is 0 Å². The molecule has 1 saturated heterocycles. The molecule has 2 heterocycles. The smallest absolute Gasteiger partial charge is 0.328 e. The molecule has 0 saturated carbocycles. The maximum absolute atomic E-state index is 12.8. The van der Waals surface area contributed by atoms with Crippen molar-refractivity contribution < 1.29 is 14.6 Å². The van der Waals surface area contributed by atoms with Gasteiger partial charge in [-0.25, -0.2) is 4.79 Å². The first-order valence-corrected chi connectivity index (χ1v) is 11.8. The Balaban J connectivity index is 1.51. The average Bonchev–Trinajstić information content (AvgIpc) is 2.84. The largest absolute Gasteiger partial charge is 0.466 e. The van der Waals surface area contributed by atoms with Crippen LogP contribution in [0.15, 0.2) is 58.1 Å². The minimum atomic E-state index is -0.543. The van der Waals surface area contributed by atoms with Gasteiger partial charge in [-0.3, -0.25) is 14.2 Å². The molecule has 3 atom stereocenters. The number of aliphatic hydroxyl groups is 1. The summed E-state index contributed by atoms with van der Waals surface area (Å²) in [4.78, 5) is 43.0. The van der Waals surface area contributed by atoms with E-state index in [2.05, 4.69) is 9.88 Å². The lowest BCUT2D eigenvalue weighted by molar-refractivity contribution is -0.150. The number of fused-ring (bicyclic) bond motifs is 1. The number of carbonyl (C=O) groups is 1. The number of esters is 1. The van der Waals surface area contributed by atoms with Gasteiger partial charge in [0.15, 0.2) is 0 Å². The summed E-state index contributed by atoms with van der Waals surface area (Å²) >= 11 is 0. The molecule has 2 N–H and O–H groups in total. The lowest BCUT2D eigenvalue weighted by Gasteiger charge is -2.37. The summed E-state index contributed by atoms with van der Waals surface area (Å²) in [6.07, 6.45) is 0.207. The minimum absolute atomic E-state index is 0.00476. The molecule has 0 spiro atoms. The number of H-pyrrole nitrogens is 1. The van der Waals surface area contributed by atoms with E-state index in [1.165, 1.54) is 4.57 Å². The van der Waals surface area contributed by atoms with Crippen LogP contribution in [0.4, 0.5) is 0 Å². The molecule has 0 bridgehead atoms. The normalized spacial score (nSPS) is 19.7. The fourth-order valence-electron chi connectivity index (χ4n) is 4.77. The Labute approximate surface area is 197 Å². The van der Waals surface area contributed by atoms with Gasteiger partial charge in [0.05, 0.1) is 29.5 Å². The quantitative estimate of drug-likeness (QED) is 0.520. The third kappa shape index (κ3) is 4.98. The molecule has 34 heavy (non-hydrogen) atoms. The van der Waals surface area contributed by atoms with Crippen molar-refractivity contribution in [2.45, 2.75) is 38.8 Å². The zero-order valence-corrected chi connectivity index (χ0v) is 19.6. The Morgan fingerprint density at radius 3 is 2.59 bits per heavy atom. The van der Waals surface area contributed by atoms with Gasteiger partial charge in [-0.05, 0) is 56.0 Å². The molecule has 0 radical (unpaired) electrons. The molecular formula is C26H31N3O5. The summed E-state index contributed by atoms with van der Waals surface area (Å²) in [5.41, 5.74) is 1.66. The number of aromatic nitrogens is 2. The van der Waals surface area contributed by atoms with Crippen LogP contribution in [0.3, 0.4) is 0 Å². The number of ether oxygens (including phenoxy) is 1. The van der Waals surface area contributed by atoms with E-state index in [4.69, 9.17) is 4.74 Å². The van der Waals surface area contributed by atoms with Crippen molar-refractivity contribution in [1.29, 1.82) is 0 Å². The molecule has 0 aliphatic carbocycles. The molecule has 8 heteroatoms. The Morgan fingerprint density at radius 2 is 1.88 bits per heavy atom. The highest BCUT2D eigenvalue weighted by molar-refractivity contribution is 5.77. The maximum Gasteiger partial charge on any atom is 0.328 e. The van der Waals surface area contributed by atoms with Crippen LogP contribution in [-0.4, -0.2) is 51.8 Å². The van der Waals surface area contributed by atoms with Crippen molar-refractivity contribution in [3.8, 4) is 0 Å². The van der Waals surface area contributed by atoms with Crippen LogP contribution in [0.1, 0.15) is 43.4 Å². The molecule has 1 aliphatic heterocycles. The highest BCUT2D eigenvalue weighted by atomic mass is 16.5. The Bertz CT molecular complexity index is 1260. The zero-order valence-electron chi connectivity index (χ0n) is 19.6. The zero-order chi connectivity index (χ0) is 24.2. The Hall–Kier alpha value is -3.23. The van der Waals surface area contributed by atoms with E-state index in [-0.39, 0.29) is 29.9 Å². The van der Waals surface area contributed by atoms with Gasteiger partial charge >= 0.3 is 11.7 Å². The van der Waals surface area contributed by atoms with E-state index in [9.17, 15) is 19.5 Å². The lowest BCUT2D eigenvalue weighted by Crippen LogP contribution is -2.46. The summed E-state index contributed by atoms with van der Waals surface area (Å²) in [5.74, 6) is -0.583. The molecule has 2 aromatic carbocycles. The molecular weight excluding hydrogens is 434 g/mol. The number of piperidine rings is 1. The fraction of sp³-hybridized carbons (Fsp3) is 0.423. The minimum Gasteiger partial charge on any atom is -0.466 e. The number of likely N-dealkylation sites (tertiary alicyclic amines) is 1. The molecule has 4 rings (SSSR count). The predicted octanol–water partition coefficient (Wildman–Crippen LogP) is 2.41. The van der Waals surface area contributed by atoms with Crippen molar-refractivity contribution in [3.63, 3.8) is 0 Å². The molecule has 8 nitrogen and oxygen atoms in total. The summed E-state index contributed by atoms with van der Waals surface area (Å²) in [6.45, 7) is 5.77. The van der Waals surface area contributed by atoms with Crippen LogP contribution in [0.25, 0.3) is 10.9 Å². The number of rotatable bonds is 7. The molecule has 3 aromatic rings. The van der Waals surface area contributed by atoms with Gasteiger partial charge < -0.3 is 19.7 Å². The highest BCUT2D eigenvalue weighted by Gasteiger charge is 2.36. The third-order valence-corrected chi connectivity index (χ3v) is 6.66. The van der Waals surface area contributed by atoms with Gasteiger partial charge in [-0.1, -0.05) is 36.4 Å². The number of nitrogens with zero attached hydrogens (tertiary/aromatic N) is 2. The van der Waals surface area contributed by atoms with Gasteiger partial charge in [-0.15, -0.1) is 0 Å². The topological polar surface area (TPSA) is 105 Å². The van der Waals surface area contributed by atoms with Gasteiger partial charge in [0.1, 0.15) is 0 Å². The van der Waals surface area contributed by atoms with Gasteiger partial charge in [-0.2, -0.15) is 0 Å².